The summed E-state index contributed by atoms with van der Waals surface area (Å²) in [6.45, 7) is 3.48. The van der Waals surface area contributed by atoms with Crippen molar-refractivity contribution in [2.75, 3.05) is 38.6 Å². The Labute approximate surface area is 102 Å². The predicted molar refractivity (Wildman–Crippen MR) is 68.1 cm³/mol. The van der Waals surface area contributed by atoms with E-state index in [1.807, 2.05) is 12.1 Å². The fourth-order valence-corrected chi connectivity index (χ4v) is 2.36. The Hall–Kier alpha value is -0.800. The molecule has 88 valence electrons. The molecule has 0 aromatic carbocycles. The molecule has 4 heteroatoms. The predicted octanol–water partition coefficient (Wildman–Crippen LogP) is 2.12. The van der Waals surface area contributed by atoms with E-state index in [4.69, 9.17) is 11.6 Å². The zero-order chi connectivity index (χ0) is 11.5. The lowest BCUT2D eigenvalue weighted by Gasteiger charge is -2.22. The molecule has 1 atom stereocenters. The van der Waals surface area contributed by atoms with Crippen molar-refractivity contribution in [2.24, 2.45) is 5.92 Å². The molecule has 1 saturated heterocycles. The summed E-state index contributed by atoms with van der Waals surface area (Å²) >= 11 is 5.82. The van der Waals surface area contributed by atoms with E-state index < -0.39 is 0 Å². The second-order valence-corrected chi connectivity index (χ2v) is 5.07. The molecule has 1 aliphatic heterocycles. The second kappa shape index (κ2) is 5.02. The Morgan fingerprint density at radius 3 is 2.94 bits per heavy atom. The summed E-state index contributed by atoms with van der Waals surface area (Å²) in [7, 11) is 4.27. The summed E-state index contributed by atoms with van der Waals surface area (Å²) in [6, 6.07) is 3.86. The number of nitrogens with zero attached hydrogens (tertiary/aromatic N) is 3. The molecular weight excluding hydrogens is 222 g/mol. The summed E-state index contributed by atoms with van der Waals surface area (Å²) in [5.41, 5.74) is 0. The van der Waals surface area contributed by atoms with Crippen LogP contribution in [-0.2, 0) is 0 Å². The number of halogens is 1. The maximum Gasteiger partial charge on any atom is 0.128 e. The molecule has 0 spiro atoms. The van der Waals surface area contributed by atoms with Crippen molar-refractivity contribution < 1.29 is 0 Å². The lowest BCUT2D eigenvalue weighted by atomic mass is 10.1. The highest BCUT2D eigenvalue weighted by Crippen LogP contribution is 2.19. The largest absolute Gasteiger partial charge is 0.359 e. The van der Waals surface area contributed by atoms with Crippen LogP contribution in [0.15, 0.2) is 18.3 Å². The molecule has 0 aliphatic carbocycles. The Morgan fingerprint density at radius 1 is 1.56 bits per heavy atom. The van der Waals surface area contributed by atoms with Gasteiger partial charge in [0, 0.05) is 26.3 Å². The first-order valence-electron chi connectivity index (χ1n) is 5.66. The van der Waals surface area contributed by atoms with Gasteiger partial charge in [-0.25, -0.2) is 4.98 Å². The van der Waals surface area contributed by atoms with Crippen molar-refractivity contribution in [1.82, 2.24) is 9.88 Å². The number of hydrogen-bond donors (Lipinski definition) is 0. The van der Waals surface area contributed by atoms with E-state index in [2.05, 4.69) is 28.9 Å². The van der Waals surface area contributed by atoms with Gasteiger partial charge in [-0.1, -0.05) is 11.6 Å². The highest BCUT2D eigenvalue weighted by molar-refractivity contribution is 6.30. The summed E-state index contributed by atoms with van der Waals surface area (Å²) in [4.78, 5) is 8.91. The number of aromatic nitrogens is 1. The molecule has 2 heterocycles. The fourth-order valence-electron chi connectivity index (χ4n) is 2.25. The first-order chi connectivity index (χ1) is 7.65. The standard InChI is InChI=1S/C12H18ClN3/c1-15-6-5-10(8-15)9-16(2)12-4-3-11(13)7-14-12/h3-4,7,10H,5-6,8-9H2,1-2H3. The molecule has 16 heavy (non-hydrogen) atoms. The van der Waals surface area contributed by atoms with Crippen LogP contribution in [-0.4, -0.2) is 43.6 Å². The molecule has 3 nitrogen and oxygen atoms in total. The molecule has 1 aromatic heterocycles. The minimum atomic E-state index is 0.692. The Morgan fingerprint density at radius 2 is 2.38 bits per heavy atom. The maximum atomic E-state index is 5.82. The minimum Gasteiger partial charge on any atom is -0.359 e. The maximum absolute atomic E-state index is 5.82. The van der Waals surface area contributed by atoms with E-state index in [1.54, 1.807) is 6.20 Å². The monoisotopic (exact) mass is 239 g/mol. The van der Waals surface area contributed by atoms with Gasteiger partial charge in [-0.15, -0.1) is 0 Å². The van der Waals surface area contributed by atoms with E-state index in [-0.39, 0.29) is 0 Å². The van der Waals surface area contributed by atoms with Crippen molar-refractivity contribution >= 4 is 17.4 Å². The zero-order valence-electron chi connectivity index (χ0n) is 9.86. The van der Waals surface area contributed by atoms with E-state index in [1.165, 1.54) is 19.5 Å². The summed E-state index contributed by atoms with van der Waals surface area (Å²) in [6.07, 6.45) is 2.99. The van der Waals surface area contributed by atoms with Gasteiger partial charge in [0.25, 0.3) is 0 Å². The summed E-state index contributed by atoms with van der Waals surface area (Å²) < 4.78 is 0. The van der Waals surface area contributed by atoms with E-state index in [0.29, 0.717) is 5.02 Å². The topological polar surface area (TPSA) is 19.4 Å². The highest BCUT2D eigenvalue weighted by Gasteiger charge is 2.20. The van der Waals surface area contributed by atoms with Crippen LogP contribution in [0.25, 0.3) is 0 Å². The van der Waals surface area contributed by atoms with Crippen LogP contribution in [0, 0.1) is 5.92 Å². The molecule has 0 saturated carbocycles. The van der Waals surface area contributed by atoms with Gasteiger partial charge in [0.2, 0.25) is 0 Å². The normalized spacial score (nSPS) is 21.3. The van der Waals surface area contributed by atoms with Crippen molar-refractivity contribution in [3.8, 4) is 0 Å². The van der Waals surface area contributed by atoms with E-state index >= 15 is 0 Å². The van der Waals surface area contributed by atoms with Crippen LogP contribution in [0.4, 0.5) is 5.82 Å². The molecule has 1 aromatic rings. The van der Waals surface area contributed by atoms with Crippen LogP contribution in [0.2, 0.25) is 5.02 Å². The quantitative estimate of drug-likeness (QED) is 0.806. The first-order valence-corrected chi connectivity index (χ1v) is 6.04. The number of anilines is 1. The molecule has 1 fully saturated rings. The third-order valence-electron chi connectivity index (χ3n) is 3.12. The van der Waals surface area contributed by atoms with Gasteiger partial charge in [-0.2, -0.15) is 0 Å². The van der Waals surface area contributed by atoms with Gasteiger partial charge >= 0.3 is 0 Å². The molecule has 0 N–H and O–H groups in total. The molecule has 0 bridgehead atoms. The SMILES string of the molecule is CN1CCC(CN(C)c2ccc(Cl)cn2)C1. The summed E-state index contributed by atoms with van der Waals surface area (Å²) in [5, 5.41) is 0.692. The molecule has 0 radical (unpaired) electrons. The van der Waals surface area contributed by atoms with Crippen molar-refractivity contribution in [1.29, 1.82) is 0 Å². The van der Waals surface area contributed by atoms with Gasteiger partial charge in [0.15, 0.2) is 0 Å². The van der Waals surface area contributed by atoms with Gasteiger partial charge in [-0.05, 0) is 38.1 Å². The van der Waals surface area contributed by atoms with Gasteiger partial charge < -0.3 is 9.80 Å². The van der Waals surface area contributed by atoms with Gasteiger partial charge in [0.1, 0.15) is 5.82 Å². The van der Waals surface area contributed by atoms with Crippen molar-refractivity contribution in [3.05, 3.63) is 23.4 Å². The van der Waals surface area contributed by atoms with Crippen LogP contribution in [0.1, 0.15) is 6.42 Å². The van der Waals surface area contributed by atoms with Gasteiger partial charge in [-0.3, -0.25) is 0 Å². The number of rotatable bonds is 3. The summed E-state index contributed by atoms with van der Waals surface area (Å²) in [5.74, 6) is 1.76. The van der Waals surface area contributed by atoms with Crippen LogP contribution < -0.4 is 4.90 Å². The third kappa shape index (κ3) is 2.86. The smallest absolute Gasteiger partial charge is 0.128 e. The van der Waals surface area contributed by atoms with Crippen LogP contribution >= 0.6 is 11.6 Å². The van der Waals surface area contributed by atoms with Crippen LogP contribution in [0.5, 0.6) is 0 Å². The minimum absolute atomic E-state index is 0.692. The fraction of sp³-hybridized carbons (Fsp3) is 0.583. The zero-order valence-corrected chi connectivity index (χ0v) is 10.6. The van der Waals surface area contributed by atoms with Crippen molar-refractivity contribution in [2.45, 2.75) is 6.42 Å². The number of pyridine rings is 1. The third-order valence-corrected chi connectivity index (χ3v) is 3.35. The molecule has 0 amide bonds. The average Bonchev–Trinajstić information content (AvgIpc) is 2.65. The molecule has 2 rings (SSSR count). The van der Waals surface area contributed by atoms with Crippen molar-refractivity contribution in [3.63, 3.8) is 0 Å². The average molecular weight is 240 g/mol. The van der Waals surface area contributed by atoms with Gasteiger partial charge in [0.05, 0.1) is 5.02 Å². The Bertz CT molecular complexity index is 339. The lowest BCUT2D eigenvalue weighted by molar-refractivity contribution is 0.395. The van der Waals surface area contributed by atoms with E-state index in [9.17, 15) is 0 Å². The second-order valence-electron chi connectivity index (χ2n) is 4.63. The first kappa shape index (κ1) is 11.7. The number of hydrogen-bond acceptors (Lipinski definition) is 3. The Balaban J connectivity index is 1.92. The molecule has 1 unspecified atom stereocenters. The highest BCUT2D eigenvalue weighted by atomic mass is 35.5. The number of likely N-dealkylation sites (tertiary alicyclic amines) is 1. The molecule has 1 aliphatic rings. The van der Waals surface area contributed by atoms with E-state index in [0.717, 1.165) is 18.3 Å². The molecular formula is C12H18ClN3. The van der Waals surface area contributed by atoms with Crippen LogP contribution in [0.3, 0.4) is 0 Å². The Kier molecular flexibility index (Phi) is 3.66. The lowest BCUT2D eigenvalue weighted by Crippen LogP contribution is -2.27.